The van der Waals surface area contributed by atoms with Crippen LogP contribution in [0.25, 0.3) is 0 Å². The van der Waals surface area contributed by atoms with Crippen molar-refractivity contribution in [3.63, 3.8) is 0 Å². The summed E-state index contributed by atoms with van der Waals surface area (Å²) in [5, 5.41) is 10.9. The van der Waals surface area contributed by atoms with Gasteiger partial charge in [0.15, 0.2) is 0 Å². The van der Waals surface area contributed by atoms with Gasteiger partial charge in [0.1, 0.15) is 5.69 Å². The van der Waals surface area contributed by atoms with E-state index >= 15 is 0 Å². The number of sulfonamides is 1. The third-order valence-electron chi connectivity index (χ3n) is 3.70. The molecule has 1 aliphatic carbocycles. The van der Waals surface area contributed by atoms with Gasteiger partial charge in [-0.25, -0.2) is 13.1 Å². The minimum Gasteiger partial charge on any atom is -0.393 e. The van der Waals surface area contributed by atoms with Gasteiger partial charge in [-0.05, 0) is 37.3 Å². The molecule has 2 unspecified atom stereocenters. The average Bonchev–Trinajstić information content (AvgIpc) is 3.05. The third kappa shape index (κ3) is 3.33. The van der Waals surface area contributed by atoms with Crippen LogP contribution in [0.15, 0.2) is 17.0 Å². The first-order chi connectivity index (χ1) is 9.76. The zero-order chi connectivity index (χ0) is 15.8. The van der Waals surface area contributed by atoms with E-state index in [0.717, 1.165) is 25.3 Å². The molecule has 0 amide bonds. The number of nitrogens with one attached hydrogen (secondary N) is 1. The average molecular weight is 313 g/mol. The highest BCUT2D eigenvalue weighted by Gasteiger charge is 2.39. The summed E-state index contributed by atoms with van der Waals surface area (Å²) in [6.07, 6.45) is 2.81. The van der Waals surface area contributed by atoms with Gasteiger partial charge in [0, 0.05) is 12.1 Å². The minimum atomic E-state index is -3.76. The molecule has 2 atom stereocenters. The summed E-state index contributed by atoms with van der Waals surface area (Å²) in [5.41, 5.74) is 5.53. The Morgan fingerprint density at radius 2 is 2.14 bits per heavy atom. The highest BCUT2D eigenvalue weighted by molar-refractivity contribution is 7.89. The van der Waals surface area contributed by atoms with Crippen LogP contribution in [-0.4, -0.2) is 19.4 Å². The number of nitro benzene ring substituents is 1. The van der Waals surface area contributed by atoms with Crippen LogP contribution in [0.4, 0.5) is 11.4 Å². The summed E-state index contributed by atoms with van der Waals surface area (Å²) in [6.45, 7) is 3.63. The van der Waals surface area contributed by atoms with Crippen molar-refractivity contribution in [2.75, 3.05) is 5.73 Å². The fourth-order valence-corrected chi connectivity index (χ4v) is 4.06. The Morgan fingerprint density at radius 3 is 2.71 bits per heavy atom. The minimum absolute atomic E-state index is 0.0354. The highest BCUT2D eigenvalue weighted by atomic mass is 32.2. The van der Waals surface area contributed by atoms with E-state index in [2.05, 4.69) is 11.6 Å². The molecule has 1 saturated carbocycles. The molecule has 8 heteroatoms. The number of hydrogen-bond acceptors (Lipinski definition) is 5. The van der Waals surface area contributed by atoms with Crippen molar-refractivity contribution in [3.8, 4) is 0 Å². The Kier molecular flexibility index (Phi) is 4.20. The number of nitrogen functional groups attached to an aromatic ring is 1. The van der Waals surface area contributed by atoms with Crippen molar-refractivity contribution in [1.29, 1.82) is 0 Å². The second kappa shape index (κ2) is 5.61. The van der Waals surface area contributed by atoms with E-state index in [9.17, 15) is 18.5 Å². The number of nitrogens with two attached hydrogens (primary N) is 1. The van der Waals surface area contributed by atoms with Gasteiger partial charge in [-0.2, -0.15) is 0 Å². The molecule has 0 saturated heterocycles. The zero-order valence-electron chi connectivity index (χ0n) is 12.0. The fraction of sp³-hybridized carbons (Fsp3) is 0.538. The van der Waals surface area contributed by atoms with Crippen molar-refractivity contribution in [3.05, 3.63) is 27.8 Å². The molecule has 0 bridgehead atoms. The van der Waals surface area contributed by atoms with Gasteiger partial charge in [-0.3, -0.25) is 10.1 Å². The first kappa shape index (κ1) is 15.7. The summed E-state index contributed by atoms with van der Waals surface area (Å²) >= 11 is 0. The first-order valence-electron chi connectivity index (χ1n) is 6.83. The zero-order valence-corrected chi connectivity index (χ0v) is 12.8. The van der Waals surface area contributed by atoms with E-state index in [-0.39, 0.29) is 22.3 Å². The number of nitrogens with zero attached hydrogens (tertiary/aromatic N) is 1. The van der Waals surface area contributed by atoms with Gasteiger partial charge < -0.3 is 5.73 Å². The van der Waals surface area contributed by atoms with Crippen molar-refractivity contribution < 1.29 is 13.3 Å². The predicted molar refractivity (Wildman–Crippen MR) is 79.4 cm³/mol. The van der Waals surface area contributed by atoms with E-state index in [1.165, 1.54) is 6.07 Å². The van der Waals surface area contributed by atoms with Gasteiger partial charge in [-0.1, -0.05) is 13.3 Å². The molecule has 0 radical (unpaired) electrons. The number of benzene rings is 1. The summed E-state index contributed by atoms with van der Waals surface area (Å²) < 4.78 is 27.3. The number of aryl methyl sites for hydroxylation is 1. The second-order valence-electron chi connectivity index (χ2n) is 5.45. The molecule has 116 valence electrons. The Balaban J connectivity index is 2.28. The molecule has 7 nitrogen and oxygen atoms in total. The van der Waals surface area contributed by atoms with Crippen LogP contribution in [-0.2, 0) is 10.0 Å². The standard InChI is InChI=1S/C13H19N3O4S/c1-3-4-9-6-11(9)15-21(19,20)13-7-12(16(17)18)10(14)5-8(13)2/h5,7,9,11,15H,3-4,6,14H2,1-2H3. The summed E-state index contributed by atoms with van der Waals surface area (Å²) in [7, 11) is -3.76. The Labute approximate surface area is 123 Å². The molecule has 1 aromatic carbocycles. The van der Waals surface area contributed by atoms with Crippen LogP contribution >= 0.6 is 0 Å². The molecule has 21 heavy (non-hydrogen) atoms. The molecule has 3 N–H and O–H groups in total. The van der Waals surface area contributed by atoms with Crippen LogP contribution in [0, 0.1) is 23.0 Å². The molecule has 0 spiro atoms. The van der Waals surface area contributed by atoms with E-state index in [1.807, 2.05) is 0 Å². The molecule has 0 heterocycles. The SMILES string of the molecule is CCCC1CC1NS(=O)(=O)c1cc([N+](=O)[O-])c(N)cc1C. The van der Waals surface area contributed by atoms with Crippen molar-refractivity contribution >= 4 is 21.4 Å². The lowest BCUT2D eigenvalue weighted by atomic mass is 10.2. The fourth-order valence-electron chi connectivity index (χ4n) is 2.49. The van der Waals surface area contributed by atoms with Crippen molar-refractivity contribution in [2.45, 2.75) is 44.0 Å². The van der Waals surface area contributed by atoms with Crippen LogP contribution in [0.2, 0.25) is 0 Å². The predicted octanol–water partition coefficient (Wildman–Crippen LogP) is 1.95. The summed E-state index contributed by atoms with van der Waals surface area (Å²) in [5.74, 6) is 0.369. The smallest absolute Gasteiger partial charge is 0.293 e. The number of anilines is 1. The van der Waals surface area contributed by atoms with Gasteiger partial charge in [0.05, 0.1) is 9.82 Å². The molecule has 0 aromatic heterocycles. The number of rotatable bonds is 6. The van der Waals surface area contributed by atoms with Gasteiger partial charge in [-0.15, -0.1) is 0 Å². The lowest BCUT2D eigenvalue weighted by Crippen LogP contribution is -2.28. The topological polar surface area (TPSA) is 115 Å². The largest absolute Gasteiger partial charge is 0.393 e. The Morgan fingerprint density at radius 1 is 1.48 bits per heavy atom. The van der Waals surface area contributed by atoms with Crippen LogP contribution in [0.1, 0.15) is 31.7 Å². The number of hydrogen-bond donors (Lipinski definition) is 2. The maximum absolute atomic E-state index is 12.4. The van der Waals surface area contributed by atoms with Crippen molar-refractivity contribution in [1.82, 2.24) is 4.72 Å². The lowest BCUT2D eigenvalue weighted by Gasteiger charge is -2.10. The Bertz CT molecular complexity index is 672. The van der Waals surface area contributed by atoms with Gasteiger partial charge >= 0.3 is 0 Å². The molecule has 1 fully saturated rings. The van der Waals surface area contributed by atoms with Crippen LogP contribution in [0.5, 0.6) is 0 Å². The van der Waals surface area contributed by atoms with E-state index in [4.69, 9.17) is 5.73 Å². The first-order valence-corrected chi connectivity index (χ1v) is 8.31. The van der Waals surface area contributed by atoms with Gasteiger partial charge in [0.25, 0.3) is 5.69 Å². The van der Waals surface area contributed by atoms with Crippen molar-refractivity contribution in [2.24, 2.45) is 5.92 Å². The van der Waals surface area contributed by atoms with E-state index < -0.39 is 14.9 Å². The molecule has 1 aliphatic rings. The molecule has 2 rings (SSSR count). The lowest BCUT2D eigenvalue weighted by molar-refractivity contribution is -0.384. The maximum atomic E-state index is 12.4. The maximum Gasteiger partial charge on any atom is 0.293 e. The quantitative estimate of drug-likeness (QED) is 0.473. The van der Waals surface area contributed by atoms with E-state index in [0.29, 0.717) is 11.5 Å². The highest BCUT2D eigenvalue weighted by Crippen LogP contribution is 2.36. The number of nitro groups is 1. The summed E-state index contributed by atoms with van der Waals surface area (Å²) in [6, 6.07) is 2.29. The summed E-state index contributed by atoms with van der Waals surface area (Å²) in [4.78, 5) is 10.1. The normalized spacial score (nSPS) is 21.2. The molecular weight excluding hydrogens is 294 g/mol. The Hall–Kier alpha value is -1.67. The monoisotopic (exact) mass is 313 g/mol. The van der Waals surface area contributed by atoms with E-state index in [1.54, 1.807) is 6.92 Å². The molecule has 1 aromatic rings. The molecule has 0 aliphatic heterocycles. The second-order valence-corrected chi connectivity index (χ2v) is 7.13. The van der Waals surface area contributed by atoms with Crippen LogP contribution in [0.3, 0.4) is 0 Å². The van der Waals surface area contributed by atoms with Crippen LogP contribution < -0.4 is 10.5 Å². The molecular formula is C13H19N3O4S. The third-order valence-corrected chi connectivity index (χ3v) is 5.33. The van der Waals surface area contributed by atoms with Gasteiger partial charge in [0.2, 0.25) is 10.0 Å².